The van der Waals surface area contributed by atoms with E-state index < -0.39 is 6.36 Å². The van der Waals surface area contributed by atoms with Crippen LogP contribution in [0, 0.1) is 0 Å². The van der Waals surface area contributed by atoms with Crippen LogP contribution in [-0.4, -0.2) is 18.3 Å². The Hall–Kier alpha value is -2.50. The molecule has 2 aromatic rings. The van der Waals surface area contributed by atoms with Crippen LogP contribution in [0.2, 0.25) is 0 Å². The molecule has 0 saturated carbocycles. The summed E-state index contributed by atoms with van der Waals surface area (Å²) < 4.78 is 40.1. The minimum atomic E-state index is -4.72. The van der Waals surface area contributed by atoms with Crippen LogP contribution in [0.25, 0.3) is 0 Å². The molecule has 0 bridgehead atoms. The zero-order valence-corrected chi connectivity index (χ0v) is 13.8. The zero-order valence-electron chi connectivity index (χ0n) is 13.8. The summed E-state index contributed by atoms with van der Waals surface area (Å²) in [6, 6.07) is 15.3. The molecule has 0 heterocycles. The Labute approximate surface area is 144 Å². The second-order valence-electron chi connectivity index (χ2n) is 5.86. The van der Waals surface area contributed by atoms with Gasteiger partial charge in [0.15, 0.2) is 0 Å². The predicted octanol–water partition coefficient (Wildman–Crippen LogP) is 4.27. The van der Waals surface area contributed by atoms with E-state index in [9.17, 15) is 18.0 Å². The Morgan fingerprint density at radius 1 is 1.04 bits per heavy atom. The highest BCUT2D eigenvalue weighted by atomic mass is 19.4. The molecular formula is C19H20F3NO2. The van der Waals surface area contributed by atoms with Gasteiger partial charge < -0.3 is 10.1 Å². The van der Waals surface area contributed by atoms with Crippen molar-refractivity contribution in [3.8, 4) is 5.75 Å². The van der Waals surface area contributed by atoms with Gasteiger partial charge in [-0.3, -0.25) is 4.79 Å². The standard InChI is InChI=1S/C19H20F3NO2/c1-14(7-8-15-5-3-2-4-6-15)23-18(24)13-16-9-11-17(12-10-16)25-19(20,21)22/h2-6,9-12,14H,7-8,13H2,1H3,(H,23,24). The number of ether oxygens (including phenoxy) is 1. The van der Waals surface area contributed by atoms with Crippen LogP contribution in [0.15, 0.2) is 54.6 Å². The molecule has 0 saturated heterocycles. The van der Waals surface area contributed by atoms with Gasteiger partial charge in [0.2, 0.25) is 5.91 Å². The molecule has 0 aliphatic rings. The number of alkyl halides is 3. The normalized spacial score (nSPS) is 12.5. The summed E-state index contributed by atoms with van der Waals surface area (Å²) in [6.45, 7) is 1.93. The molecule has 0 fully saturated rings. The monoisotopic (exact) mass is 351 g/mol. The fourth-order valence-corrected chi connectivity index (χ4v) is 2.42. The molecule has 1 N–H and O–H groups in total. The summed E-state index contributed by atoms with van der Waals surface area (Å²) in [5.41, 5.74) is 1.84. The third-order valence-corrected chi connectivity index (χ3v) is 3.64. The van der Waals surface area contributed by atoms with E-state index >= 15 is 0 Å². The third-order valence-electron chi connectivity index (χ3n) is 3.64. The summed E-state index contributed by atoms with van der Waals surface area (Å²) in [5.74, 6) is -0.460. The van der Waals surface area contributed by atoms with Gasteiger partial charge in [-0.2, -0.15) is 0 Å². The highest BCUT2D eigenvalue weighted by Crippen LogP contribution is 2.22. The van der Waals surface area contributed by atoms with Gasteiger partial charge in [-0.1, -0.05) is 42.5 Å². The van der Waals surface area contributed by atoms with Crippen molar-refractivity contribution in [3.63, 3.8) is 0 Å². The van der Waals surface area contributed by atoms with Crippen LogP contribution in [0.5, 0.6) is 5.75 Å². The lowest BCUT2D eigenvalue weighted by atomic mass is 10.1. The molecule has 0 aliphatic heterocycles. The second kappa shape index (κ2) is 8.55. The summed E-state index contributed by atoms with van der Waals surface area (Å²) in [5, 5.41) is 2.90. The van der Waals surface area contributed by atoms with Crippen LogP contribution in [0.1, 0.15) is 24.5 Å². The molecule has 0 spiro atoms. The summed E-state index contributed by atoms with van der Waals surface area (Å²) >= 11 is 0. The predicted molar refractivity (Wildman–Crippen MR) is 89.2 cm³/mol. The van der Waals surface area contributed by atoms with Crippen LogP contribution >= 0.6 is 0 Å². The van der Waals surface area contributed by atoms with Gasteiger partial charge in [0.1, 0.15) is 5.75 Å². The molecule has 1 atom stereocenters. The fourth-order valence-electron chi connectivity index (χ4n) is 2.42. The number of amides is 1. The smallest absolute Gasteiger partial charge is 0.406 e. The average molecular weight is 351 g/mol. The van der Waals surface area contributed by atoms with Gasteiger partial charge in [-0.25, -0.2) is 0 Å². The second-order valence-corrected chi connectivity index (χ2v) is 5.86. The van der Waals surface area contributed by atoms with Crippen molar-refractivity contribution in [3.05, 3.63) is 65.7 Å². The number of aryl methyl sites for hydroxylation is 1. The van der Waals surface area contributed by atoms with Crippen LogP contribution in [-0.2, 0) is 17.6 Å². The minimum Gasteiger partial charge on any atom is -0.406 e. The molecule has 0 aliphatic carbocycles. The zero-order chi connectivity index (χ0) is 18.3. The Morgan fingerprint density at radius 3 is 2.28 bits per heavy atom. The van der Waals surface area contributed by atoms with Crippen molar-refractivity contribution in [2.75, 3.05) is 0 Å². The molecule has 1 amide bonds. The number of carbonyl (C=O) groups is 1. The van der Waals surface area contributed by atoms with E-state index in [4.69, 9.17) is 0 Å². The largest absolute Gasteiger partial charge is 0.573 e. The van der Waals surface area contributed by atoms with E-state index in [0.717, 1.165) is 12.8 Å². The molecule has 3 nitrogen and oxygen atoms in total. The SMILES string of the molecule is CC(CCc1ccccc1)NC(=O)Cc1ccc(OC(F)(F)F)cc1. The van der Waals surface area contributed by atoms with Crippen LogP contribution in [0.4, 0.5) is 13.2 Å². The van der Waals surface area contributed by atoms with E-state index in [1.54, 1.807) is 0 Å². The maximum Gasteiger partial charge on any atom is 0.573 e. The van der Waals surface area contributed by atoms with Crippen molar-refractivity contribution in [2.45, 2.75) is 38.6 Å². The Bertz CT molecular complexity index is 669. The Kier molecular flexibility index (Phi) is 6.44. The van der Waals surface area contributed by atoms with Gasteiger partial charge >= 0.3 is 6.36 Å². The van der Waals surface area contributed by atoms with Crippen LogP contribution < -0.4 is 10.1 Å². The maximum atomic E-state index is 12.1. The lowest BCUT2D eigenvalue weighted by Crippen LogP contribution is -2.34. The van der Waals surface area contributed by atoms with Gasteiger partial charge in [-0.15, -0.1) is 13.2 Å². The van der Waals surface area contributed by atoms with Crippen molar-refractivity contribution < 1.29 is 22.7 Å². The highest BCUT2D eigenvalue weighted by molar-refractivity contribution is 5.78. The number of hydrogen-bond acceptors (Lipinski definition) is 2. The summed E-state index contributed by atoms with van der Waals surface area (Å²) in [4.78, 5) is 12.0. The van der Waals surface area contributed by atoms with Crippen molar-refractivity contribution in [1.82, 2.24) is 5.32 Å². The van der Waals surface area contributed by atoms with Gasteiger partial charge in [-0.05, 0) is 43.0 Å². The van der Waals surface area contributed by atoms with Gasteiger partial charge in [0.05, 0.1) is 6.42 Å². The van der Waals surface area contributed by atoms with Crippen molar-refractivity contribution >= 4 is 5.91 Å². The first-order chi connectivity index (χ1) is 11.8. The summed E-state index contributed by atoms with van der Waals surface area (Å²) in [6.07, 6.45) is -2.92. The molecule has 2 aromatic carbocycles. The lowest BCUT2D eigenvalue weighted by molar-refractivity contribution is -0.274. The van der Waals surface area contributed by atoms with E-state index in [1.807, 2.05) is 37.3 Å². The number of benzene rings is 2. The first kappa shape index (κ1) is 18.8. The average Bonchev–Trinajstić information content (AvgIpc) is 2.54. The molecule has 134 valence electrons. The molecule has 2 rings (SSSR count). The Morgan fingerprint density at radius 2 is 1.68 bits per heavy atom. The van der Waals surface area contributed by atoms with Gasteiger partial charge in [0, 0.05) is 6.04 Å². The third kappa shape index (κ3) is 7.28. The lowest BCUT2D eigenvalue weighted by Gasteiger charge is -2.14. The Balaban J connectivity index is 1.77. The quantitative estimate of drug-likeness (QED) is 0.809. The first-order valence-electron chi connectivity index (χ1n) is 8.00. The van der Waals surface area contributed by atoms with Gasteiger partial charge in [0.25, 0.3) is 0 Å². The van der Waals surface area contributed by atoms with E-state index in [-0.39, 0.29) is 24.1 Å². The number of halogens is 3. The molecule has 0 aromatic heterocycles. The highest BCUT2D eigenvalue weighted by Gasteiger charge is 2.30. The topological polar surface area (TPSA) is 38.3 Å². The number of carbonyl (C=O) groups excluding carboxylic acids is 1. The molecule has 6 heteroatoms. The number of nitrogens with one attached hydrogen (secondary N) is 1. The molecule has 1 unspecified atom stereocenters. The van der Waals surface area contributed by atoms with E-state index in [2.05, 4.69) is 10.1 Å². The van der Waals surface area contributed by atoms with E-state index in [0.29, 0.717) is 5.56 Å². The maximum absolute atomic E-state index is 12.1. The fraction of sp³-hybridized carbons (Fsp3) is 0.316. The van der Waals surface area contributed by atoms with Crippen LogP contribution in [0.3, 0.4) is 0 Å². The first-order valence-corrected chi connectivity index (χ1v) is 8.00. The van der Waals surface area contributed by atoms with Crippen molar-refractivity contribution in [2.24, 2.45) is 0 Å². The van der Waals surface area contributed by atoms with E-state index in [1.165, 1.54) is 29.8 Å². The minimum absolute atomic E-state index is 0.0144. The number of hydrogen-bond donors (Lipinski definition) is 1. The molecule has 25 heavy (non-hydrogen) atoms. The molecule has 0 radical (unpaired) electrons. The summed E-state index contributed by atoms with van der Waals surface area (Å²) in [7, 11) is 0. The van der Waals surface area contributed by atoms with Crippen molar-refractivity contribution in [1.29, 1.82) is 0 Å². The number of rotatable bonds is 7. The molecular weight excluding hydrogens is 331 g/mol.